The fourth-order valence-electron chi connectivity index (χ4n) is 4.20. The van der Waals surface area contributed by atoms with Gasteiger partial charge in [0.25, 0.3) is 0 Å². The van der Waals surface area contributed by atoms with Crippen molar-refractivity contribution in [1.29, 1.82) is 5.26 Å². The Hall–Kier alpha value is -2.78. The van der Waals surface area contributed by atoms with Gasteiger partial charge in [0.1, 0.15) is 5.75 Å². The highest BCUT2D eigenvalue weighted by Gasteiger charge is 2.43. The first-order valence-corrected chi connectivity index (χ1v) is 9.66. The number of rotatable bonds is 3. The predicted octanol–water partition coefficient (Wildman–Crippen LogP) is 5.63. The molecule has 5 nitrogen and oxygen atoms in total. The molecule has 0 unspecified atom stereocenters. The van der Waals surface area contributed by atoms with Gasteiger partial charge < -0.3 is 15.4 Å². The molecule has 2 aromatic carbocycles. The summed E-state index contributed by atoms with van der Waals surface area (Å²) in [6.45, 7) is 0. The minimum atomic E-state index is -0.600. The zero-order chi connectivity index (χ0) is 19.7. The van der Waals surface area contributed by atoms with Crippen LogP contribution in [-0.4, -0.2) is 6.03 Å². The molecule has 144 valence electrons. The number of urea groups is 1. The van der Waals surface area contributed by atoms with E-state index in [1.165, 1.54) is 6.07 Å². The van der Waals surface area contributed by atoms with Crippen LogP contribution in [0.4, 0.5) is 14.9 Å². The molecule has 1 fully saturated rings. The van der Waals surface area contributed by atoms with Gasteiger partial charge in [0.2, 0.25) is 0 Å². The first kappa shape index (κ1) is 18.6. The third-order valence-corrected chi connectivity index (χ3v) is 5.74. The smallest absolute Gasteiger partial charge is 0.319 e. The maximum Gasteiger partial charge on any atom is 0.319 e. The van der Waals surface area contributed by atoms with Crippen molar-refractivity contribution in [2.75, 3.05) is 5.32 Å². The van der Waals surface area contributed by atoms with Crippen molar-refractivity contribution in [3.8, 4) is 17.6 Å². The number of carbonyl (C=O) groups excluding carboxylic acids is 1. The SMILES string of the molecule is N#CCc1cccc(F)c1Oc1ccc(Cl)c2c1C1(CCCCC1)NC(=O)N2. The highest BCUT2D eigenvalue weighted by Crippen LogP contribution is 2.50. The lowest BCUT2D eigenvalue weighted by Crippen LogP contribution is -2.52. The molecule has 0 atom stereocenters. The summed E-state index contributed by atoms with van der Waals surface area (Å²) in [5, 5.41) is 15.3. The number of para-hydroxylation sites is 1. The summed E-state index contributed by atoms with van der Waals surface area (Å²) in [5.74, 6) is -0.0866. The van der Waals surface area contributed by atoms with Crippen LogP contribution in [0.2, 0.25) is 5.02 Å². The van der Waals surface area contributed by atoms with E-state index >= 15 is 0 Å². The van der Waals surface area contributed by atoms with E-state index in [1.807, 2.05) is 6.07 Å². The van der Waals surface area contributed by atoms with E-state index in [0.717, 1.165) is 37.7 Å². The van der Waals surface area contributed by atoms with E-state index in [0.29, 0.717) is 22.0 Å². The molecule has 1 aliphatic heterocycles. The van der Waals surface area contributed by atoms with E-state index in [1.54, 1.807) is 24.3 Å². The number of amides is 2. The van der Waals surface area contributed by atoms with Crippen molar-refractivity contribution in [3.05, 3.63) is 52.3 Å². The van der Waals surface area contributed by atoms with Gasteiger partial charge in [-0.05, 0) is 31.0 Å². The van der Waals surface area contributed by atoms with Crippen molar-refractivity contribution in [1.82, 2.24) is 5.32 Å². The van der Waals surface area contributed by atoms with Crippen LogP contribution in [0, 0.1) is 17.1 Å². The lowest BCUT2D eigenvalue weighted by Gasteiger charge is -2.43. The van der Waals surface area contributed by atoms with Crippen LogP contribution in [0.5, 0.6) is 11.5 Å². The predicted molar refractivity (Wildman–Crippen MR) is 104 cm³/mol. The first-order chi connectivity index (χ1) is 13.5. The molecule has 0 aromatic heterocycles. The van der Waals surface area contributed by atoms with Gasteiger partial charge in [-0.25, -0.2) is 9.18 Å². The molecule has 4 rings (SSSR count). The zero-order valence-corrected chi connectivity index (χ0v) is 15.9. The second kappa shape index (κ2) is 7.33. The standard InChI is InChI=1S/C21H19ClFN3O2/c22-14-7-8-16(28-19-13(9-12-24)5-4-6-15(19)23)17-18(14)25-20(27)26-21(17)10-2-1-3-11-21/h4-8H,1-3,9-11H2,(H2,25,26,27). The molecule has 1 spiro atoms. The van der Waals surface area contributed by atoms with Crippen molar-refractivity contribution in [2.24, 2.45) is 0 Å². The molecule has 2 N–H and O–H groups in total. The molecule has 0 bridgehead atoms. The highest BCUT2D eigenvalue weighted by atomic mass is 35.5. The number of anilines is 1. The molecular weight excluding hydrogens is 381 g/mol. The number of fused-ring (bicyclic) bond motifs is 2. The molecule has 2 amide bonds. The fourth-order valence-corrected chi connectivity index (χ4v) is 4.40. The van der Waals surface area contributed by atoms with Crippen LogP contribution in [0.3, 0.4) is 0 Å². The van der Waals surface area contributed by atoms with Crippen LogP contribution >= 0.6 is 11.6 Å². The number of ether oxygens (including phenoxy) is 1. The third-order valence-electron chi connectivity index (χ3n) is 5.42. The van der Waals surface area contributed by atoms with Gasteiger partial charge in [0.15, 0.2) is 11.6 Å². The Balaban J connectivity index is 1.86. The van der Waals surface area contributed by atoms with E-state index in [2.05, 4.69) is 10.6 Å². The molecule has 2 aromatic rings. The summed E-state index contributed by atoms with van der Waals surface area (Å²) in [6, 6.07) is 9.57. The molecule has 1 aliphatic carbocycles. The fraction of sp³-hybridized carbons (Fsp3) is 0.333. The monoisotopic (exact) mass is 399 g/mol. The number of nitrogens with zero attached hydrogens (tertiary/aromatic N) is 1. The lowest BCUT2D eigenvalue weighted by molar-refractivity contribution is 0.206. The van der Waals surface area contributed by atoms with Gasteiger partial charge >= 0.3 is 6.03 Å². The van der Waals surface area contributed by atoms with Gasteiger partial charge in [-0.2, -0.15) is 5.26 Å². The minimum Gasteiger partial charge on any atom is -0.453 e. The van der Waals surface area contributed by atoms with E-state index in [-0.39, 0.29) is 18.2 Å². The van der Waals surface area contributed by atoms with E-state index < -0.39 is 11.4 Å². The zero-order valence-electron chi connectivity index (χ0n) is 15.1. The lowest BCUT2D eigenvalue weighted by atomic mass is 9.74. The largest absolute Gasteiger partial charge is 0.453 e. The number of halogens is 2. The Morgan fingerprint density at radius 1 is 1.21 bits per heavy atom. The summed E-state index contributed by atoms with van der Waals surface area (Å²) in [6.07, 6.45) is 4.56. The van der Waals surface area contributed by atoms with Gasteiger partial charge in [-0.3, -0.25) is 0 Å². The number of hydrogen-bond donors (Lipinski definition) is 2. The third kappa shape index (κ3) is 3.16. The number of nitrogens with one attached hydrogen (secondary N) is 2. The summed E-state index contributed by atoms with van der Waals surface area (Å²) in [5.41, 5.74) is 1.11. The van der Waals surface area contributed by atoms with Crippen LogP contribution in [0.25, 0.3) is 0 Å². The van der Waals surface area contributed by atoms with Crippen molar-refractivity contribution in [2.45, 2.75) is 44.1 Å². The maximum atomic E-state index is 14.5. The van der Waals surface area contributed by atoms with Crippen LogP contribution in [-0.2, 0) is 12.0 Å². The Morgan fingerprint density at radius 3 is 2.75 bits per heavy atom. The number of hydrogen-bond acceptors (Lipinski definition) is 3. The molecule has 28 heavy (non-hydrogen) atoms. The Labute approximate surface area is 167 Å². The van der Waals surface area contributed by atoms with Crippen molar-refractivity contribution < 1.29 is 13.9 Å². The van der Waals surface area contributed by atoms with Gasteiger partial charge in [-0.15, -0.1) is 0 Å². The topological polar surface area (TPSA) is 74.1 Å². The second-order valence-electron chi connectivity index (χ2n) is 7.18. The van der Waals surface area contributed by atoms with Crippen LogP contribution in [0.1, 0.15) is 43.2 Å². The normalized spacial score (nSPS) is 17.2. The molecule has 1 saturated carbocycles. The maximum absolute atomic E-state index is 14.5. The summed E-state index contributed by atoms with van der Waals surface area (Å²) >= 11 is 6.38. The first-order valence-electron chi connectivity index (χ1n) is 9.28. The average molecular weight is 400 g/mol. The Kier molecular flexibility index (Phi) is 4.86. The summed E-state index contributed by atoms with van der Waals surface area (Å²) in [4.78, 5) is 12.3. The molecule has 1 heterocycles. The average Bonchev–Trinajstić information content (AvgIpc) is 2.67. The quantitative estimate of drug-likeness (QED) is 0.702. The number of nitriles is 1. The van der Waals surface area contributed by atoms with E-state index in [9.17, 15) is 9.18 Å². The molecule has 0 saturated heterocycles. The van der Waals surface area contributed by atoms with Gasteiger partial charge in [0.05, 0.1) is 28.7 Å². The van der Waals surface area contributed by atoms with Crippen LogP contribution in [0.15, 0.2) is 30.3 Å². The van der Waals surface area contributed by atoms with Crippen LogP contribution < -0.4 is 15.4 Å². The number of benzene rings is 2. The summed E-state index contributed by atoms with van der Waals surface area (Å²) in [7, 11) is 0. The molecular formula is C21H19ClFN3O2. The second-order valence-corrected chi connectivity index (χ2v) is 7.59. The van der Waals surface area contributed by atoms with Crippen molar-refractivity contribution >= 4 is 23.3 Å². The Bertz CT molecular complexity index is 980. The number of carbonyl (C=O) groups is 1. The van der Waals surface area contributed by atoms with Gasteiger partial charge in [0, 0.05) is 11.1 Å². The molecule has 0 radical (unpaired) electrons. The van der Waals surface area contributed by atoms with Crippen molar-refractivity contribution in [3.63, 3.8) is 0 Å². The van der Waals surface area contributed by atoms with E-state index in [4.69, 9.17) is 21.6 Å². The Morgan fingerprint density at radius 2 is 2.00 bits per heavy atom. The molecule has 2 aliphatic rings. The highest BCUT2D eigenvalue weighted by molar-refractivity contribution is 6.34. The summed E-state index contributed by atoms with van der Waals surface area (Å²) < 4.78 is 20.6. The molecule has 7 heteroatoms. The minimum absolute atomic E-state index is 0.0245. The van der Waals surface area contributed by atoms with Gasteiger partial charge in [-0.1, -0.05) is 43.0 Å².